The number of carbonyl (C=O) groups excluding carboxylic acids is 1. The molecule has 0 radical (unpaired) electrons. The van der Waals surface area contributed by atoms with Gasteiger partial charge in [0.2, 0.25) is 12.0 Å². The Bertz CT molecular complexity index is 505. The van der Waals surface area contributed by atoms with Crippen LogP contribution in [0.3, 0.4) is 0 Å². The van der Waals surface area contributed by atoms with Crippen LogP contribution >= 0.6 is 11.6 Å². The highest BCUT2D eigenvalue weighted by atomic mass is 35.5. The average Bonchev–Trinajstić information content (AvgIpc) is 2.75. The Balaban J connectivity index is 2.19. The summed E-state index contributed by atoms with van der Waals surface area (Å²) < 4.78 is 10.3. The van der Waals surface area contributed by atoms with Crippen LogP contribution in [0.2, 0.25) is 0 Å². The maximum absolute atomic E-state index is 10.4. The summed E-state index contributed by atoms with van der Waals surface area (Å²) in [6, 6.07) is 5.05. The van der Waals surface area contributed by atoms with E-state index in [1.165, 1.54) is 12.2 Å². The largest absolute Gasteiger partial charge is 0.507 e. The topological polar surface area (TPSA) is 55.8 Å². The second-order valence-corrected chi connectivity index (χ2v) is 3.66. The van der Waals surface area contributed by atoms with Crippen LogP contribution in [-0.2, 0) is 4.79 Å². The molecule has 0 fully saturated rings. The van der Waals surface area contributed by atoms with Gasteiger partial charge in [0, 0.05) is 5.56 Å². The van der Waals surface area contributed by atoms with Crippen molar-refractivity contribution in [2.24, 2.45) is 0 Å². The van der Waals surface area contributed by atoms with Gasteiger partial charge >= 0.3 is 0 Å². The van der Waals surface area contributed by atoms with Crippen molar-refractivity contribution in [3.8, 4) is 11.5 Å². The van der Waals surface area contributed by atoms with Gasteiger partial charge in [0.1, 0.15) is 5.76 Å². The van der Waals surface area contributed by atoms with Crippen molar-refractivity contribution in [2.75, 3.05) is 6.79 Å². The molecule has 0 atom stereocenters. The van der Waals surface area contributed by atoms with E-state index in [1.54, 1.807) is 18.2 Å². The van der Waals surface area contributed by atoms with E-state index < -0.39 is 5.24 Å². The molecule has 1 aromatic carbocycles. The highest BCUT2D eigenvalue weighted by Gasteiger charge is 2.13. The quantitative estimate of drug-likeness (QED) is 0.389. The third-order valence-corrected chi connectivity index (χ3v) is 2.28. The second kappa shape index (κ2) is 4.93. The third kappa shape index (κ3) is 2.79. The fraction of sp³-hybridized carbons (Fsp3) is 0.0833. The van der Waals surface area contributed by atoms with Crippen LogP contribution in [0.5, 0.6) is 11.5 Å². The summed E-state index contributed by atoms with van der Waals surface area (Å²) >= 11 is 5.11. The van der Waals surface area contributed by atoms with Crippen molar-refractivity contribution < 1.29 is 19.4 Å². The van der Waals surface area contributed by atoms with E-state index in [2.05, 4.69) is 0 Å². The molecule has 0 aromatic heterocycles. The van der Waals surface area contributed by atoms with Gasteiger partial charge in [0.15, 0.2) is 11.5 Å². The minimum Gasteiger partial charge on any atom is -0.507 e. The van der Waals surface area contributed by atoms with Crippen LogP contribution in [-0.4, -0.2) is 17.1 Å². The number of fused-ring (bicyclic) bond motifs is 1. The van der Waals surface area contributed by atoms with E-state index in [0.717, 1.165) is 6.08 Å². The molecule has 4 nitrogen and oxygen atoms in total. The lowest BCUT2D eigenvalue weighted by molar-refractivity contribution is -0.107. The molecular formula is C12H9ClO4. The molecule has 5 heteroatoms. The molecule has 17 heavy (non-hydrogen) atoms. The predicted molar refractivity (Wildman–Crippen MR) is 63.2 cm³/mol. The fourth-order valence-corrected chi connectivity index (χ4v) is 1.44. The van der Waals surface area contributed by atoms with E-state index in [9.17, 15) is 9.90 Å². The van der Waals surface area contributed by atoms with Crippen LogP contribution in [0.15, 0.2) is 36.4 Å². The van der Waals surface area contributed by atoms with E-state index in [0.29, 0.717) is 17.1 Å². The average molecular weight is 253 g/mol. The summed E-state index contributed by atoms with van der Waals surface area (Å²) in [6.45, 7) is 0.184. The molecule has 0 unspecified atom stereocenters. The van der Waals surface area contributed by atoms with E-state index in [1.807, 2.05) is 0 Å². The SMILES string of the molecule is O=C(Cl)/C=C/C=C(\O)c1ccc2c(c1)OCO2. The summed E-state index contributed by atoms with van der Waals surface area (Å²) in [5.41, 5.74) is 0.570. The summed E-state index contributed by atoms with van der Waals surface area (Å²) in [5.74, 6) is 1.24. The number of hydrogen-bond donors (Lipinski definition) is 1. The standard InChI is InChI=1S/C12H9ClO4/c13-12(15)3-1-2-9(14)8-4-5-10-11(6-8)17-7-16-10/h1-6,14H,7H2/b3-1+,9-2-. The zero-order valence-corrected chi connectivity index (χ0v) is 9.48. The van der Waals surface area contributed by atoms with E-state index in [-0.39, 0.29) is 12.6 Å². The molecule has 0 saturated heterocycles. The molecule has 0 saturated carbocycles. The Morgan fingerprint density at radius 3 is 2.88 bits per heavy atom. The molecule has 0 spiro atoms. The van der Waals surface area contributed by atoms with Crippen LogP contribution < -0.4 is 9.47 Å². The Hall–Kier alpha value is -1.94. The van der Waals surface area contributed by atoms with Crippen molar-refractivity contribution in [1.29, 1.82) is 0 Å². The summed E-state index contributed by atoms with van der Waals surface area (Å²) in [4.78, 5) is 10.4. The Kier molecular flexibility index (Phi) is 3.35. The smallest absolute Gasteiger partial charge is 0.245 e. The number of ether oxygens (including phenoxy) is 2. The van der Waals surface area contributed by atoms with Gasteiger partial charge in [-0.3, -0.25) is 4.79 Å². The number of rotatable bonds is 3. The first kappa shape index (κ1) is 11.5. The number of aliphatic hydroxyl groups excluding tert-OH is 1. The van der Waals surface area contributed by atoms with Crippen molar-refractivity contribution in [2.45, 2.75) is 0 Å². The van der Waals surface area contributed by atoms with Gasteiger partial charge in [-0.15, -0.1) is 0 Å². The molecule has 1 aliphatic heterocycles. The van der Waals surface area contributed by atoms with Crippen molar-refractivity contribution in [3.63, 3.8) is 0 Å². The first-order chi connectivity index (χ1) is 8.16. The highest BCUT2D eigenvalue weighted by Crippen LogP contribution is 2.33. The number of halogens is 1. The van der Waals surface area contributed by atoms with Gasteiger partial charge < -0.3 is 14.6 Å². The summed E-state index contributed by atoms with van der Waals surface area (Å²) in [7, 11) is 0. The van der Waals surface area contributed by atoms with Crippen LogP contribution in [0.1, 0.15) is 5.56 Å². The van der Waals surface area contributed by atoms with E-state index in [4.69, 9.17) is 21.1 Å². The van der Waals surface area contributed by atoms with Gasteiger partial charge in [-0.25, -0.2) is 0 Å². The first-order valence-corrected chi connectivity index (χ1v) is 5.21. The number of benzene rings is 1. The fourth-order valence-electron chi connectivity index (χ4n) is 1.37. The van der Waals surface area contributed by atoms with E-state index >= 15 is 0 Å². The van der Waals surface area contributed by atoms with Gasteiger partial charge in [0.05, 0.1) is 0 Å². The molecule has 88 valence electrons. The van der Waals surface area contributed by atoms with Crippen molar-refractivity contribution in [3.05, 3.63) is 42.0 Å². The Morgan fingerprint density at radius 1 is 1.35 bits per heavy atom. The maximum atomic E-state index is 10.4. The minimum absolute atomic E-state index is 0.0115. The van der Waals surface area contributed by atoms with Crippen LogP contribution in [0, 0.1) is 0 Å². The molecule has 1 aromatic rings. The molecule has 1 heterocycles. The van der Waals surface area contributed by atoms with Gasteiger partial charge in [-0.05, 0) is 42.0 Å². The molecule has 0 aliphatic carbocycles. The molecule has 0 bridgehead atoms. The molecular weight excluding hydrogens is 244 g/mol. The normalized spacial score (nSPS) is 14.3. The number of aliphatic hydroxyl groups is 1. The van der Waals surface area contributed by atoms with Crippen LogP contribution in [0.4, 0.5) is 0 Å². The van der Waals surface area contributed by atoms with Crippen LogP contribution in [0.25, 0.3) is 5.76 Å². The molecule has 1 aliphatic rings. The Morgan fingerprint density at radius 2 is 2.12 bits per heavy atom. The second-order valence-electron chi connectivity index (χ2n) is 3.28. The third-order valence-electron chi connectivity index (χ3n) is 2.15. The lowest BCUT2D eigenvalue weighted by Gasteiger charge is -2.01. The zero-order valence-electron chi connectivity index (χ0n) is 8.72. The molecule has 2 rings (SSSR count). The number of hydrogen-bond acceptors (Lipinski definition) is 4. The van der Waals surface area contributed by atoms with Crippen molar-refractivity contribution in [1.82, 2.24) is 0 Å². The van der Waals surface area contributed by atoms with Crippen molar-refractivity contribution >= 4 is 22.6 Å². The zero-order chi connectivity index (χ0) is 12.3. The maximum Gasteiger partial charge on any atom is 0.245 e. The van der Waals surface area contributed by atoms with Gasteiger partial charge in [0.25, 0.3) is 0 Å². The lowest BCUT2D eigenvalue weighted by atomic mass is 10.1. The number of allylic oxidation sites excluding steroid dienone is 3. The van der Waals surface area contributed by atoms with Gasteiger partial charge in [-0.2, -0.15) is 0 Å². The molecule has 0 amide bonds. The lowest BCUT2D eigenvalue weighted by Crippen LogP contribution is -1.92. The minimum atomic E-state index is -0.597. The summed E-state index contributed by atoms with van der Waals surface area (Å²) in [6.07, 6.45) is 3.89. The molecule has 1 N–H and O–H groups in total. The first-order valence-electron chi connectivity index (χ1n) is 4.83. The summed E-state index contributed by atoms with van der Waals surface area (Å²) in [5, 5.41) is 9.13. The number of carbonyl (C=O) groups is 1. The monoisotopic (exact) mass is 252 g/mol. The predicted octanol–water partition coefficient (Wildman–Crippen LogP) is 2.64. The highest BCUT2D eigenvalue weighted by molar-refractivity contribution is 6.66. The Labute approximate surface area is 103 Å². The van der Waals surface area contributed by atoms with Gasteiger partial charge in [-0.1, -0.05) is 6.08 Å².